The van der Waals surface area contributed by atoms with Gasteiger partial charge in [0.05, 0.1) is 0 Å². The van der Waals surface area contributed by atoms with Gasteiger partial charge in [0.2, 0.25) is 6.41 Å². The lowest BCUT2D eigenvalue weighted by atomic mass is 10.1. The SMILES string of the molecule is Cc1ccc(OCNC(=O)NCCCNC=O)c(C)c1. The molecule has 0 saturated heterocycles. The quantitative estimate of drug-likeness (QED) is 0.378. The number of urea groups is 1. The Morgan fingerprint density at radius 2 is 2.05 bits per heavy atom. The zero-order valence-corrected chi connectivity index (χ0v) is 11.9. The van der Waals surface area contributed by atoms with E-state index in [1.807, 2.05) is 32.0 Å². The minimum Gasteiger partial charge on any atom is -0.473 e. The van der Waals surface area contributed by atoms with Crippen LogP contribution >= 0.6 is 0 Å². The van der Waals surface area contributed by atoms with Crippen molar-refractivity contribution in [1.29, 1.82) is 0 Å². The Morgan fingerprint density at radius 1 is 1.25 bits per heavy atom. The predicted octanol–water partition coefficient (Wildman–Crippen LogP) is 1.08. The summed E-state index contributed by atoms with van der Waals surface area (Å²) in [5.41, 5.74) is 2.21. The lowest BCUT2D eigenvalue weighted by Gasteiger charge is -2.11. The number of hydrogen-bond acceptors (Lipinski definition) is 3. The predicted molar refractivity (Wildman–Crippen MR) is 76.6 cm³/mol. The van der Waals surface area contributed by atoms with Crippen LogP contribution in [0.5, 0.6) is 5.75 Å². The fourth-order valence-corrected chi connectivity index (χ4v) is 1.65. The number of nitrogens with one attached hydrogen (secondary N) is 3. The number of aryl methyl sites for hydroxylation is 2. The van der Waals surface area contributed by atoms with Gasteiger partial charge in [0.1, 0.15) is 5.75 Å². The van der Waals surface area contributed by atoms with Crippen LogP contribution in [0, 0.1) is 13.8 Å². The zero-order chi connectivity index (χ0) is 14.8. The normalized spacial score (nSPS) is 9.70. The number of benzene rings is 1. The first-order valence-electron chi connectivity index (χ1n) is 6.52. The number of hydrogen-bond donors (Lipinski definition) is 3. The molecule has 1 aromatic carbocycles. The highest BCUT2D eigenvalue weighted by Crippen LogP contribution is 2.18. The summed E-state index contributed by atoms with van der Waals surface area (Å²) >= 11 is 0. The van der Waals surface area contributed by atoms with E-state index >= 15 is 0 Å². The van der Waals surface area contributed by atoms with Crippen LogP contribution in [-0.4, -0.2) is 32.3 Å². The number of amides is 3. The zero-order valence-electron chi connectivity index (χ0n) is 11.9. The Kier molecular flexibility index (Phi) is 6.95. The summed E-state index contributed by atoms with van der Waals surface area (Å²) in [5, 5.41) is 7.79. The van der Waals surface area contributed by atoms with Crippen molar-refractivity contribution in [1.82, 2.24) is 16.0 Å². The van der Waals surface area contributed by atoms with Gasteiger partial charge in [-0.3, -0.25) is 4.79 Å². The summed E-state index contributed by atoms with van der Waals surface area (Å²) in [4.78, 5) is 21.4. The highest BCUT2D eigenvalue weighted by atomic mass is 16.5. The molecule has 0 aliphatic heterocycles. The number of ether oxygens (including phenoxy) is 1. The molecule has 0 bridgehead atoms. The third kappa shape index (κ3) is 6.08. The van der Waals surface area contributed by atoms with Gasteiger partial charge < -0.3 is 20.7 Å². The lowest BCUT2D eigenvalue weighted by molar-refractivity contribution is -0.109. The van der Waals surface area contributed by atoms with Gasteiger partial charge in [-0.1, -0.05) is 17.7 Å². The molecule has 0 fully saturated rings. The molecule has 0 aliphatic carbocycles. The number of carbonyl (C=O) groups is 2. The smallest absolute Gasteiger partial charge is 0.317 e. The molecule has 20 heavy (non-hydrogen) atoms. The van der Waals surface area contributed by atoms with E-state index in [0.717, 1.165) is 11.3 Å². The van der Waals surface area contributed by atoms with E-state index in [2.05, 4.69) is 16.0 Å². The molecule has 0 heterocycles. The Morgan fingerprint density at radius 3 is 2.75 bits per heavy atom. The van der Waals surface area contributed by atoms with E-state index in [9.17, 15) is 9.59 Å². The van der Waals surface area contributed by atoms with Crippen LogP contribution in [0.15, 0.2) is 18.2 Å². The van der Waals surface area contributed by atoms with Crippen molar-refractivity contribution in [3.63, 3.8) is 0 Å². The van der Waals surface area contributed by atoms with E-state index in [1.165, 1.54) is 5.56 Å². The summed E-state index contributed by atoms with van der Waals surface area (Å²) in [5.74, 6) is 0.756. The first-order valence-corrected chi connectivity index (χ1v) is 6.52. The highest BCUT2D eigenvalue weighted by Gasteiger charge is 2.01. The van der Waals surface area contributed by atoms with Gasteiger partial charge >= 0.3 is 6.03 Å². The fraction of sp³-hybridized carbons (Fsp3) is 0.429. The molecule has 6 nitrogen and oxygen atoms in total. The molecular weight excluding hydrogens is 258 g/mol. The van der Waals surface area contributed by atoms with Crippen molar-refractivity contribution in [2.24, 2.45) is 0 Å². The van der Waals surface area contributed by atoms with Gasteiger partial charge in [-0.25, -0.2) is 4.79 Å². The van der Waals surface area contributed by atoms with Gasteiger partial charge in [0, 0.05) is 13.1 Å². The van der Waals surface area contributed by atoms with Crippen LogP contribution in [0.4, 0.5) is 4.79 Å². The largest absolute Gasteiger partial charge is 0.473 e. The minimum atomic E-state index is -0.291. The van der Waals surface area contributed by atoms with E-state index < -0.39 is 0 Å². The maximum absolute atomic E-state index is 11.4. The fourth-order valence-electron chi connectivity index (χ4n) is 1.65. The van der Waals surface area contributed by atoms with Crippen LogP contribution in [-0.2, 0) is 4.79 Å². The minimum absolute atomic E-state index is 0.113. The molecule has 6 heteroatoms. The van der Waals surface area contributed by atoms with Crippen molar-refractivity contribution in [2.45, 2.75) is 20.3 Å². The summed E-state index contributed by atoms with van der Waals surface area (Å²) in [6.07, 6.45) is 1.32. The van der Waals surface area contributed by atoms with E-state index in [1.54, 1.807) is 0 Å². The molecule has 0 radical (unpaired) electrons. The molecule has 1 aromatic rings. The molecular formula is C14H21N3O3. The second kappa shape index (κ2) is 8.79. The van der Waals surface area contributed by atoms with Gasteiger partial charge in [-0.2, -0.15) is 0 Å². The Hall–Kier alpha value is -2.24. The van der Waals surface area contributed by atoms with E-state index in [0.29, 0.717) is 25.9 Å². The number of carbonyl (C=O) groups excluding carboxylic acids is 2. The van der Waals surface area contributed by atoms with Crippen molar-refractivity contribution in [3.05, 3.63) is 29.3 Å². The average Bonchev–Trinajstić information content (AvgIpc) is 2.41. The van der Waals surface area contributed by atoms with Gasteiger partial charge in [0.15, 0.2) is 6.73 Å². The summed E-state index contributed by atoms with van der Waals surface area (Å²) < 4.78 is 5.48. The molecule has 1 rings (SSSR count). The molecule has 0 aliphatic rings. The monoisotopic (exact) mass is 279 g/mol. The second-order valence-corrected chi connectivity index (χ2v) is 4.42. The maximum Gasteiger partial charge on any atom is 0.317 e. The average molecular weight is 279 g/mol. The molecule has 0 atom stereocenters. The number of rotatable bonds is 8. The molecule has 0 saturated carbocycles. The Bertz CT molecular complexity index is 449. The second-order valence-electron chi connectivity index (χ2n) is 4.42. The van der Waals surface area contributed by atoms with Crippen molar-refractivity contribution < 1.29 is 14.3 Å². The van der Waals surface area contributed by atoms with Crippen LogP contribution < -0.4 is 20.7 Å². The van der Waals surface area contributed by atoms with E-state index in [4.69, 9.17) is 4.74 Å². The van der Waals surface area contributed by atoms with E-state index in [-0.39, 0.29) is 12.8 Å². The van der Waals surface area contributed by atoms with Gasteiger partial charge in [-0.05, 0) is 31.9 Å². The summed E-state index contributed by atoms with van der Waals surface area (Å²) in [7, 11) is 0. The van der Waals surface area contributed by atoms with Crippen molar-refractivity contribution in [3.8, 4) is 5.75 Å². The van der Waals surface area contributed by atoms with Crippen LogP contribution in [0.3, 0.4) is 0 Å². The summed E-state index contributed by atoms with van der Waals surface area (Å²) in [6, 6.07) is 5.58. The maximum atomic E-state index is 11.4. The molecule has 0 aromatic heterocycles. The first-order chi connectivity index (χ1) is 9.63. The highest BCUT2D eigenvalue weighted by molar-refractivity contribution is 5.73. The lowest BCUT2D eigenvalue weighted by Crippen LogP contribution is -2.38. The van der Waals surface area contributed by atoms with Crippen LogP contribution in [0.25, 0.3) is 0 Å². The van der Waals surface area contributed by atoms with Crippen LogP contribution in [0.1, 0.15) is 17.5 Å². The standard InChI is InChI=1S/C14H21N3O3/c1-11-4-5-13(12(2)8-11)20-10-17-14(19)16-7-3-6-15-9-18/h4-5,8-9H,3,6-7,10H2,1-2H3,(H,15,18)(H2,16,17,19). The van der Waals surface area contributed by atoms with Crippen molar-refractivity contribution in [2.75, 3.05) is 19.8 Å². The molecule has 0 spiro atoms. The molecule has 0 unspecified atom stereocenters. The Balaban J connectivity index is 2.16. The summed E-state index contributed by atoms with van der Waals surface area (Å²) in [6.45, 7) is 5.13. The molecule has 3 amide bonds. The van der Waals surface area contributed by atoms with Crippen molar-refractivity contribution >= 4 is 12.4 Å². The topological polar surface area (TPSA) is 79.5 Å². The first kappa shape index (κ1) is 15.8. The Labute approximate surface area is 118 Å². The van der Waals surface area contributed by atoms with Gasteiger partial charge in [-0.15, -0.1) is 0 Å². The van der Waals surface area contributed by atoms with Gasteiger partial charge in [0.25, 0.3) is 0 Å². The molecule has 110 valence electrons. The van der Waals surface area contributed by atoms with Crippen LogP contribution in [0.2, 0.25) is 0 Å². The third-order valence-corrected chi connectivity index (χ3v) is 2.66. The molecule has 3 N–H and O–H groups in total. The third-order valence-electron chi connectivity index (χ3n) is 2.66.